The van der Waals surface area contributed by atoms with Gasteiger partial charge in [0.1, 0.15) is 0 Å². The van der Waals surface area contributed by atoms with Crippen LogP contribution >= 0.6 is 0 Å². The summed E-state index contributed by atoms with van der Waals surface area (Å²) < 4.78 is 11.4. The Labute approximate surface area is 148 Å². The predicted octanol–water partition coefficient (Wildman–Crippen LogP) is 1.75. The lowest BCUT2D eigenvalue weighted by Crippen LogP contribution is -2.32. The number of hydrogen-bond acceptors (Lipinski definition) is 4. The fraction of sp³-hybridized carbons (Fsp3) is 0.556. The van der Waals surface area contributed by atoms with Gasteiger partial charge in [-0.25, -0.2) is 0 Å². The van der Waals surface area contributed by atoms with Crippen LogP contribution in [0, 0.1) is 5.92 Å². The monoisotopic (exact) mass is 346 g/mol. The third-order valence-corrected chi connectivity index (χ3v) is 3.98. The Balaban J connectivity index is 1.55. The number of aliphatic imine (C=N–C) groups is 1. The van der Waals surface area contributed by atoms with Gasteiger partial charge in [0.15, 0.2) is 17.5 Å². The smallest absolute Gasteiger partial charge is 0.223 e. The summed E-state index contributed by atoms with van der Waals surface area (Å²) in [5, 5.41) is 9.38. The molecule has 2 aliphatic rings. The standard InChI is InChI=1S/C18H26N4O3/c1-2-19-18(21-9-8-20-17(23)13-4-5-13)22-14-6-7-15-16(12-14)25-11-3-10-24-15/h6-7,12-13H,2-5,8-11H2,1H3,(H,20,23)(H2,19,21,22). The number of rotatable bonds is 6. The zero-order valence-electron chi connectivity index (χ0n) is 14.6. The highest BCUT2D eigenvalue weighted by atomic mass is 16.5. The maximum absolute atomic E-state index is 11.6. The number of nitrogens with zero attached hydrogens (tertiary/aromatic N) is 1. The van der Waals surface area contributed by atoms with Gasteiger partial charge < -0.3 is 25.4 Å². The lowest BCUT2D eigenvalue weighted by molar-refractivity contribution is -0.122. The summed E-state index contributed by atoms with van der Waals surface area (Å²) in [6, 6.07) is 5.76. The molecule has 1 amide bonds. The van der Waals surface area contributed by atoms with Crippen LogP contribution in [0.3, 0.4) is 0 Å². The van der Waals surface area contributed by atoms with Gasteiger partial charge in [0.2, 0.25) is 5.91 Å². The number of nitrogens with one attached hydrogen (secondary N) is 3. The zero-order chi connectivity index (χ0) is 17.5. The molecule has 0 atom stereocenters. The normalized spacial score (nSPS) is 16.8. The van der Waals surface area contributed by atoms with Crippen LogP contribution in [0.15, 0.2) is 23.2 Å². The molecule has 1 saturated carbocycles. The first-order chi connectivity index (χ1) is 12.3. The number of hydrogen-bond donors (Lipinski definition) is 3. The molecule has 0 spiro atoms. The minimum atomic E-state index is 0.149. The van der Waals surface area contributed by atoms with Crippen molar-refractivity contribution in [2.75, 3.05) is 38.2 Å². The fourth-order valence-electron chi connectivity index (χ4n) is 2.52. The first-order valence-corrected chi connectivity index (χ1v) is 8.99. The number of guanidine groups is 1. The van der Waals surface area contributed by atoms with E-state index in [-0.39, 0.29) is 11.8 Å². The van der Waals surface area contributed by atoms with Crippen LogP contribution in [0.5, 0.6) is 11.5 Å². The van der Waals surface area contributed by atoms with Gasteiger partial charge in [0, 0.05) is 37.2 Å². The van der Waals surface area contributed by atoms with E-state index in [2.05, 4.69) is 20.9 Å². The summed E-state index contributed by atoms with van der Waals surface area (Å²) in [4.78, 5) is 16.1. The molecule has 7 heteroatoms. The van der Waals surface area contributed by atoms with Gasteiger partial charge in [-0.05, 0) is 31.9 Å². The second-order valence-corrected chi connectivity index (χ2v) is 6.16. The van der Waals surface area contributed by atoms with Gasteiger partial charge >= 0.3 is 0 Å². The molecular formula is C18H26N4O3. The maximum Gasteiger partial charge on any atom is 0.223 e. The highest BCUT2D eigenvalue weighted by molar-refractivity contribution is 5.94. The molecular weight excluding hydrogens is 320 g/mol. The number of carbonyl (C=O) groups is 1. The molecule has 7 nitrogen and oxygen atoms in total. The molecule has 1 aromatic carbocycles. The summed E-state index contributed by atoms with van der Waals surface area (Å²) in [6.07, 6.45) is 2.92. The Hall–Kier alpha value is -2.44. The van der Waals surface area contributed by atoms with Crippen LogP contribution in [0.4, 0.5) is 5.69 Å². The Bertz CT molecular complexity index is 629. The van der Waals surface area contributed by atoms with Crippen LogP contribution < -0.4 is 25.4 Å². The average Bonchev–Trinajstić information content (AvgIpc) is 3.45. The number of fused-ring (bicyclic) bond motifs is 1. The Morgan fingerprint density at radius 2 is 2.00 bits per heavy atom. The van der Waals surface area contributed by atoms with Crippen LogP contribution in [0.25, 0.3) is 0 Å². The van der Waals surface area contributed by atoms with E-state index in [9.17, 15) is 4.79 Å². The van der Waals surface area contributed by atoms with E-state index in [1.807, 2.05) is 25.1 Å². The average molecular weight is 346 g/mol. The van der Waals surface area contributed by atoms with Crippen LogP contribution in [0.2, 0.25) is 0 Å². The molecule has 1 heterocycles. The summed E-state index contributed by atoms with van der Waals surface area (Å²) in [5.74, 6) is 2.58. The fourth-order valence-corrected chi connectivity index (χ4v) is 2.52. The van der Waals surface area contributed by atoms with Gasteiger partial charge in [-0.3, -0.25) is 9.79 Å². The first kappa shape index (κ1) is 17.4. The molecule has 0 unspecified atom stereocenters. The number of benzene rings is 1. The molecule has 1 aliphatic carbocycles. The second kappa shape index (κ2) is 8.60. The lowest BCUT2D eigenvalue weighted by atomic mass is 10.3. The van der Waals surface area contributed by atoms with Gasteiger partial charge in [-0.1, -0.05) is 0 Å². The van der Waals surface area contributed by atoms with E-state index in [0.29, 0.717) is 32.3 Å². The van der Waals surface area contributed by atoms with E-state index in [1.165, 1.54) is 0 Å². The molecule has 0 bridgehead atoms. The topological polar surface area (TPSA) is 84.0 Å². The molecule has 0 saturated heterocycles. The number of amides is 1. The summed E-state index contributed by atoms with van der Waals surface area (Å²) >= 11 is 0. The highest BCUT2D eigenvalue weighted by Crippen LogP contribution is 2.32. The molecule has 3 N–H and O–H groups in total. The van der Waals surface area contributed by atoms with Crippen LogP contribution in [-0.4, -0.2) is 44.7 Å². The van der Waals surface area contributed by atoms with Crippen molar-refractivity contribution >= 4 is 17.6 Å². The van der Waals surface area contributed by atoms with Crippen molar-refractivity contribution in [1.29, 1.82) is 0 Å². The molecule has 25 heavy (non-hydrogen) atoms. The van der Waals surface area contributed by atoms with Crippen molar-refractivity contribution in [3.05, 3.63) is 18.2 Å². The third-order valence-electron chi connectivity index (χ3n) is 3.98. The molecule has 1 fully saturated rings. The van der Waals surface area contributed by atoms with E-state index in [4.69, 9.17) is 9.47 Å². The number of anilines is 1. The Morgan fingerprint density at radius 1 is 1.20 bits per heavy atom. The largest absolute Gasteiger partial charge is 0.490 e. The molecule has 1 aromatic rings. The maximum atomic E-state index is 11.6. The number of ether oxygens (including phenoxy) is 2. The van der Waals surface area contributed by atoms with Gasteiger partial charge in [0.25, 0.3) is 0 Å². The van der Waals surface area contributed by atoms with Gasteiger partial charge in [-0.2, -0.15) is 0 Å². The van der Waals surface area contributed by atoms with E-state index < -0.39 is 0 Å². The summed E-state index contributed by atoms with van der Waals surface area (Å²) in [6.45, 7) is 5.18. The van der Waals surface area contributed by atoms with Gasteiger partial charge in [-0.15, -0.1) is 0 Å². The van der Waals surface area contributed by atoms with E-state index in [0.717, 1.165) is 43.0 Å². The van der Waals surface area contributed by atoms with Crippen molar-refractivity contribution < 1.29 is 14.3 Å². The Kier molecular flexibility index (Phi) is 5.98. The van der Waals surface area contributed by atoms with E-state index >= 15 is 0 Å². The third kappa shape index (κ3) is 5.27. The zero-order valence-corrected chi connectivity index (χ0v) is 14.6. The molecule has 0 radical (unpaired) electrons. The van der Waals surface area contributed by atoms with Crippen molar-refractivity contribution in [1.82, 2.24) is 10.6 Å². The van der Waals surface area contributed by atoms with Crippen molar-refractivity contribution in [2.45, 2.75) is 26.2 Å². The van der Waals surface area contributed by atoms with Crippen molar-refractivity contribution in [3.63, 3.8) is 0 Å². The molecule has 1 aliphatic heterocycles. The number of carbonyl (C=O) groups excluding carboxylic acids is 1. The summed E-state index contributed by atoms with van der Waals surface area (Å²) in [7, 11) is 0. The van der Waals surface area contributed by atoms with E-state index in [1.54, 1.807) is 0 Å². The van der Waals surface area contributed by atoms with Crippen LogP contribution in [0.1, 0.15) is 26.2 Å². The molecule has 3 rings (SSSR count). The quantitative estimate of drug-likeness (QED) is 0.415. The van der Waals surface area contributed by atoms with Gasteiger partial charge in [0.05, 0.1) is 19.8 Å². The highest BCUT2D eigenvalue weighted by Gasteiger charge is 2.28. The van der Waals surface area contributed by atoms with Crippen molar-refractivity contribution in [2.24, 2.45) is 10.9 Å². The Morgan fingerprint density at radius 3 is 2.76 bits per heavy atom. The minimum absolute atomic E-state index is 0.149. The van der Waals surface area contributed by atoms with Crippen molar-refractivity contribution in [3.8, 4) is 11.5 Å². The minimum Gasteiger partial charge on any atom is -0.490 e. The lowest BCUT2D eigenvalue weighted by Gasteiger charge is -2.14. The SMILES string of the molecule is CCNC(=NCCNC(=O)C1CC1)Nc1ccc2c(c1)OCCCO2. The first-order valence-electron chi connectivity index (χ1n) is 8.99. The second-order valence-electron chi connectivity index (χ2n) is 6.16. The molecule has 0 aromatic heterocycles. The molecule has 136 valence electrons. The predicted molar refractivity (Wildman–Crippen MR) is 97.4 cm³/mol. The summed E-state index contributed by atoms with van der Waals surface area (Å²) in [5.41, 5.74) is 0.881. The van der Waals surface area contributed by atoms with Crippen LogP contribution in [-0.2, 0) is 4.79 Å².